The summed E-state index contributed by atoms with van der Waals surface area (Å²) in [6.07, 6.45) is 1.94. The maximum absolute atomic E-state index is 11.1. The van der Waals surface area contributed by atoms with Gasteiger partial charge in [0.2, 0.25) is 0 Å². The molecule has 4 nitrogen and oxygen atoms in total. The number of H-pyrrole nitrogens is 1. The highest BCUT2D eigenvalue weighted by atomic mass is 16.3. The van der Waals surface area contributed by atoms with E-state index in [0.29, 0.717) is 0 Å². The van der Waals surface area contributed by atoms with E-state index in [1.54, 1.807) is 0 Å². The molecule has 0 bridgehead atoms. The molecular weight excluding hydrogens is 170 g/mol. The zero-order valence-electron chi connectivity index (χ0n) is 7.33. The Morgan fingerprint density at radius 3 is 2.85 bits per heavy atom. The van der Waals surface area contributed by atoms with Crippen LogP contribution in [0.15, 0.2) is 17.1 Å². The summed E-state index contributed by atoms with van der Waals surface area (Å²) in [6, 6.07) is 1.40. The smallest absolute Gasteiger partial charge is 0.254 e. The molecule has 0 atom stereocenters. The van der Waals surface area contributed by atoms with Crippen molar-refractivity contribution in [2.24, 2.45) is 0 Å². The van der Waals surface area contributed by atoms with Gasteiger partial charge in [-0.25, -0.2) is 0 Å². The average Bonchev–Trinajstić information content (AvgIpc) is 2.03. The van der Waals surface area contributed by atoms with Gasteiger partial charge in [-0.3, -0.25) is 4.79 Å². The third-order valence-electron chi connectivity index (χ3n) is 1.77. The number of carbonyl (C=O) groups is 1. The van der Waals surface area contributed by atoms with Crippen LogP contribution >= 0.6 is 0 Å². The van der Waals surface area contributed by atoms with Crippen LogP contribution in [0.2, 0.25) is 0 Å². The number of pyridine rings is 1. The molecule has 0 radical (unpaired) electrons. The number of aromatic hydroxyl groups is 1. The molecule has 1 aromatic heterocycles. The molecule has 0 aromatic carbocycles. The number of hydrogen-bond donors (Lipinski definition) is 2. The average molecular weight is 181 g/mol. The van der Waals surface area contributed by atoms with Gasteiger partial charge >= 0.3 is 0 Å². The van der Waals surface area contributed by atoms with Crippen molar-refractivity contribution in [3.05, 3.63) is 28.2 Å². The lowest BCUT2D eigenvalue weighted by Gasteiger charge is -2.00. The van der Waals surface area contributed by atoms with E-state index in [9.17, 15) is 14.7 Å². The van der Waals surface area contributed by atoms with Crippen molar-refractivity contribution < 1.29 is 9.90 Å². The van der Waals surface area contributed by atoms with E-state index < -0.39 is 0 Å². The molecule has 0 saturated heterocycles. The van der Waals surface area contributed by atoms with Crippen molar-refractivity contribution in [2.45, 2.75) is 19.8 Å². The molecule has 70 valence electrons. The van der Waals surface area contributed by atoms with E-state index in [1.807, 2.05) is 0 Å². The number of nitrogens with one attached hydrogen (secondary N) is 1. The topological polar surface area (TPSA) is 70.2 Å². The lowest BCUT2D eigenvalue weighted by atomic mass is 10.1. The zero-order valence-corrected chi connectivity index (χ0v) is 7.33. The molecule has 0 saturated carbocycles. The highest BCUT2D eigenvalue weighted by Gasteiger charge is 2.06. The van der Waals surface area contributed by atoms with Crippen LogP contribution < -0.4 is 5.56 Å². The monoisotopic (exact) mass is 181 g/mol. The summed E-state index contributed by atoms with van der Waals surface area (Å²) in [4.78, 5) is 24.2. The maximum atomic E-state index is 11.1. The van der Waals surface area contributed by atoms with Crippen molar-refractivity contribution in [3.8, 4) is 5.75 Å². The first-order chi connectivity index (χ1) is 6.11. The van der Waals surface area contributed by atoms with E-state index in [-0.39, 0.29) is 35.5 Å². The van der Waals surface area contributed by atoms with E-state index in [4.69, 9.17) is 0 Å². The molecule has 0 amide bonds. The van der Waals surface area contributed by atoms with Crippen LogP contribution in [-0.4, -0.2) is 15.9 Å². The van der Waals surface area contributed by atoms with Gasteiger partial charge in [0.1, 0.15) is 11.5 Å². The second-order valence-electron chi connectivity index (χ2n) is 2.87. The minimum absolute atomic E-state index is 0.00246. The molecule has 0 aliphatic heterocycles. The fourth-order valence-corrected chi connectivity index (χ4v) is 1.04. The van der Waals surface area contributed by atoms with Gasteiger partial charge in [-0.05, 0) is 19.4 Å². The minimum Gasteiger partial charge on any atom is -0.507 e. The predicted molar refractivity (Wildman–Crippen MR) is 47.7 cm³/mol. The number of ketones is 1. The summed E-state index contributed by atoms with van der Waals surface area (Å²) in [5.41, 5.74) is -0.0565. The molecule has 1 aromatic rings. The molecule has 0 aliphatic rings. The Hall–Kier alpha value is -1.58. The summed E-state index contributed by atoms with van der Waals surface area (Å²) < 4.78 is 0. The van der Waals surface area contributed by atoms with Gasteiger partial charge in [-0.2, -0.15) is 0 Å². The number of carbonyl (C=O) groups excluding carboxylic acids is 1. The Bertz CT molecular complexity index is 367. The van der Waals surface area contributed by atoms with Crippen LogP contribution in [0, 0.1) is 0 Å². The van der Waals surface area contributed by atoms with Gasteiger partial charge in [0.15, 0.2) is 0 Å². The van der Waals surface area contributed by atoms with Gasteiger partial charge in [0.25, 0.3) is 5.56 Å². The standard InChI is InChI=1S/C9H11NO3/c1-6(11)2-3-7-8(12)4-5-10-9(7)13/h4-5H,2-3H2,1H3,(H2,10,12,13). The second kappa shape index (κ2) is 3.89. The van der Waals surface area contributed by atoms with Gasteiger partial charge < -0.3 is 14.9 Å². The highest BCUT2D eigenvalue weighted by Crippen LogP contribution is 2.11. The van der Waals surface area contributed by atoms with Crippen LogP contribution in [-0.2, 0) is 11.2 Å². The molecule has 0 fully saturated rings. The molecule has 0 spiro atoms. The van der Waals surface area contributed by atoms with Crippen molar-refractivity contribution in [1.82, 2.24) is 4.98 Å². The predicted octanol–water partition coefficient (Wildman–Crippen LogP) is 0.602. The van der Waals surface area contributed by atoms with Crippen LogP contribution in [0.3, 0.4) is 0 Å². The maximum Gasteiger partial charge on any atom is 0.254 e. The van der Waals surface area contributed by atoms with Crippen molar-refractivity contribution in [3.63, 3.8) is 0 Å². The number of aromatic nitrogens is 1. The quantitative estimate of drug-likeness (QED) is 0.717. The third-order valence-corrected chi connectivity index (χ3v) is 1.77. The van der Waals surface area contributed by atoms with E-state index in [1.165, 1.54) is 19.2 Å². The Kier molecular flexibility index (Phi) is 2.84. The summed E-state index contributed by atoms with van der Waals surface area (Å²) in [6.45, 7) is 1.45. The Balaban J connectivity index is 2.87. The lowest BCUT2D eigenvalue weighted by molar-refractivity contribution is -0.116. The summed E-state index contributed by atoms with van der Waals surface area (Å²) >= 11 is 0. The SMILES string of the molecule is CC(=O)CCc1c(O)cc[nH]c1=O. The number of Topliss-reactive ketones (excluding diaryl/α,β-unsaturated/α-hetero) is 1. The van der Waals surface area contributed by atoms with Gasteiger partial charge in [-0.1, -0.05) is 0 Å². The van der Waals surface area contributed by atoms with E-state index in [2.05, 4.69) is 4.98 Å². The zero-order chi connectivity index (χ0) is 9.84. The van der Waals surface area contributed by atoms with Crippen LogP contribution in [0.4, 0.5) is 0 Å². The van der Waals surface area contributed by atoms with Crippen LogP contribution in [0.25, 0.3) is 0 Å². The lowest BCUT2D eigenvalue weighted by Crippen LogP contribution is -2.12. The van der Waals surface area contributed by atoms with Crippen molar-refractivity contribution in [2.75, 3.05) is 0 Å². The summed E-state index contributed by atoms with van der Waals surface area (Å²) in [5.74, 6) is -0.0485. The highest BCUT2D eigenvalue weighted by molar-refractivity contribution is 5.75. The Morgan fingerprint density at radius 2 is 2.31 bits per heavy atom. The number of hydrogen-bond acceptors (Lipinski definition) is 3. The van der Waals surface area contributed by atoms with Crippen molar-refractivity contribution in [1.29, 1.82) is 0 Å². The molecule has 0 aliphatic carbocycles. The first-order valence-electron chi connectivity index (χ1n) is 4.00. The van der Waals surface area contributed by atoms with Gasteiger partial charge in [0.05, 0.1) is 5.56 Å². The normalized spacial score (nSPS) is 9.92. The molecule has 1 heterocycles. The fraction of sp³-hybridized carbons (Fsp3) is 0.333. The molecular formula is C9H11NO3. The van der Waals surface area contributed by atoms with Crippen molar-refractivity contribution >= 4 is 5.78 Å². The molecule has 1 rings (SSSR count). The largest absolute Gasteiger partial charge is 0.507 e. The summed E-state index contributed by atoms with van der Waals surface area (Å²) in [5, 5.41) is 9.27. The first kappa shape index (κ1) is 9.51. The molecule has 0 unspecified atom stereocenters. The molecule has 4 heteroatoms. The van der Waals surface area contributed by atoms with Gasteiger partial charge in [-0.15, -0.1) is 0 Å². The van der Waals surface area contributed by atoms with Gasteiger partial charge in [0, 0.05) is 12.6 Å². The molecule has 2 N–H and O–H groups in total. The van der Waals surface area contributed by atoms with E-state index >= 15 is 0 Å². The third kappa shape index (κ3) is 2.43. The Labute approximate surface area is 75.2 Å². The first-order valence-corrected chi connectivity index (χ1v) is 4.00. The fourth-order valence-electron chi connectivity index (χ4n) is 1.04. The van der Waals surface area contributed by atoms with Crippen LogP contribution in [0.1, 0.15) is 18.9 Å². The number of aromatic amines is 1. The number of rotatable bonds is 3. The second-order valence-corrected chi connectivity index (χ2v) is 2.87. The molecule has 13 heavy (non-hydrogen) atoms. The van der Waals surface area contributed by atoms with Crippen LogP contribution in [0.5, 0.6) is 5.75 Å². The van der Waals surface area contributed by atoms with E-state index in [0.717, 1.165) is 0 Å². The Morgan fingerprint density at radius 1 is 1.62 bits per heavy atom. The minimum atomic E-state index is -0.332. The summed E-state index contributed by atoms with van der Waals surface area (Å²) in [7, 11) is 0.